The van der Waals surface area contributed by atoms with Crippen molar-refractivity contribution >= 4 is 33.5 Å². The normalized spacial score (nSPS) is 11.1. The predicted molar refractivity (Wildman–Crippen MR) is 110 cm³/mol. The largest absolute Gasteiger partial charge is 0.356 e. The van der Waals surface area contributed by atoms with Crippen LogP contribution in [0.3, 0.4) is 0 Å². The van der Waals surface area contributed by atoms with Gasteiger partial charge in [-0.15, -0.1) is 27.8 Å². The lowest BCUT2D eigenvalue weighted by molar-refractivity contribution is -0.121. The highest BCUT2D eigenvalue weighted by atomic mass is 32.1. The van der Waals surface area contributed by atoms with Crippen LogP contribution < -0.4 is 5.32 Å². The SMILES string of the molecule is O=C(CCCc1ccccc1)NCCc1csc2nc(-c3cccs3)nn12. The molecule has 4 rings (SSSR count). The summed E-state index contributed by atoms with van der Waals surface area (Å²) in [5, 5.41) is 11.7. The summed E-state index contributed by atoms with van der Waals surface area (Å²) in [6, 6.07) is 14.3. The van der Waals surface area contributed by atoms with Crippen molar-refractivity contribution in [2.24, 2.45) is 0 Å². The Hall–Kier alpha value is -2.51. The zero-order valence-electron chi connectivity index (χ0n) is 14.8. The number of rotatable bonds is 8. The number of thiazole rings is 1. The second-order valence-corrected chi connectivity index (χ2v) is 8.06. The summed E-state index contributed by atoms with van der Waals surface area (Å²) in [5.74, 6) is 0.873. The maximum Gasteiger partial charge on any atom is 0.220 e. The summed E-state index contributed by atoms with van der Waals surface area (Å²) in [5.41, 5.74) is 2.36. The van der Waals surface area contributed by atoms with Gasteiger partial charge in [0, 0.05) is 24.8 Å². The fourth-order valence-corrected chi connectivity index (χ4v) is 4.43. The fraction of sp³-hybridized carbons (Fsp3) is 0.250. The first-order valence-electron chi connectivity index (χ1n) is 8.97. The number of carbonyl (C=O) groups is 1. The van der Waals surface area contributed by atoms with Crippen LogP contribution in [-0.2, 0) is 17.6 Å². The molecule has 3 heterocycles. The quantitative estimate of drug-likeness (QED) is 0.486. The highest BCUT2D eigenvalue weighted by Crippen LogP contribution is 2.24. The first-order chi connectivity index (χ1) is 13.3. The van der Waals surface area contributed by atoms with Gasteiger partial charge in [0.25, 0.3) is 0 Å². The van der Waals surface area contributed by atoms with Gasteiger partial charge < -0.3 is 5.32 Å². The molecule has 0 aliphatic rings. The van der Waals surface area contributed by atoms with Gasteiger partial charge in [0.1, 0.15) is 0 Å². The molecule has 0 spiro atoms. The van der Waals surface area contributed by atoms with Gasteiger partial charge in [0.05, 0.1) is 10.6 Å². The lowest BCUT2D eigenvalue weighted by atomic mass is 10.1. The van der Waals surface area contributed by atoms with Gasteiger partial charge in [-0.2, -0.15) is 4.98 Å². The van der Waals surface area contributed by atoms with Crippen molar-refractivity contribution in [2.45, 2.75) is 25.7 Å². The average molecular weight is 397 g/mol. The maximum absolute atomic E-state index is 12.0. The van der Waals surface area contributed by atoms with E-state index >= 15 is 0 Å². The van der Waals surface area contributed by atoms with E-state index in [4.69, 9.17) is 0 Å². The molecule has 0 unspecified atom stereocenters. The van der Waals surface area contributed by atoms with E-state index in [1.807, 2.05) is 40.2 Å². The number of hydrogen-bond acceptors (Lipinski definition) is 5. The number of hydrogen-bond donors (Lipinski definition) is 1. The molecule has 0 atom stereocenters. The van der Waals surface area contributed by atoms with E-state index in [9.17, 15) is 4.79 Å². The lowest BCUT2D eigenvalue weighted by Crippen LogP contribution is -2.25. The summed E-state index contributed by atoms with van der Waals surface area (Å²) in [6.45, 7) is 0.615. The second kappa shape index (κ2) is 8.45. The molecule has 27 heavy (non-hydrogen) atoms. The molecule has 0 saturated carbocycles. The molecule has 7 heteroatoms. The van der Waals surface area contributed by atoms with Crippen molar-refractivity contribution in [3.8, 4) is 10.7 Å². The van der Waals surface area contributed by atoms with Crippen molar-refractivity contribution in [3.63, 3.8) is 0 Å². The van der Waals surface area contributed by atoms with Crippen LogP contribution in [0, 0.1) is 0 Å². The van der Waals surface area contributed by atoms with E-state index in [0.29, 0.717) is 13.0 Å². The topological polar surface area (TPSA) is 59.3 Å². The van der Waals surface area contributed by atoms with E-state index in [0.717, 1.165) is 40.6 Å². The Labute approximate surface area is 165 Å². The standard InChI is InChI=1S/C20H20N4OS2/c25-18(10-4-8-15-6-2-1-3-7-15)21-12-11-16-14-27-20-22-19(23-24(16)20)17-9-5-13-26-17/h1-3,5-7,9,13-14H,4,8,10-12H2,(H,21,25). The molecule has 0 saturated heterocycles. The van der Waals surface area contributed by atoms with Gasteiger partial charge in [0.15, 0.2) is 5.82 Å². The summed E-state index contributed by atoms with van der Waals surface area (Å²) < 4.78 is 1.89. The van der Waals surface area contributed by atoms with Crippen LogP contribution in [0.1, 0.15) is 24.1 Å². The van der Waals surface area contributed by atoms with Gasteiger partial charge in [0.2, 0.25) is 10.9 Å². The molecule has 1 amide bonds. The number of benzene rings is 1. The third-order valence-electron chi connectivity index (χ3n) is 4.31. The van der Waals surface area contributed by atoms with Gasteiger partial charge in [-0.05, 0) is 29.9 Å². The molecule has 138 valence electrons. The monoisotopic (exact) mass is 396 g/mol. The maximum atomic E-state index is 12.0. The molecule has 0 aliphatic carbocycles. The van der Waals surface area contributed by atoms with E-state index in [-0.39, 0.29) is 5.91 Å². The third kappa shape index (κ3) is 4.43. The Morgan fingerprint density at radius 3 is 2.78 bits per heavy atom. The van der Waals surface area contributed by atoms with Crippen LogP contribution in [-0.4, -0.2) is 27.0 Å². The lowest BCUT2D eigenvalue weighted by Gasteiger charge is -2.05. The van der Waals surface area contributed by atoms with Crippen LogP contribution in [0.5, 0.6) is 0 Å². The van der Waals surface area contributed by atoms with Crippen LogP contribution in [0.15, 0.2) is 53.2 Å². The minimum Gasteiger partial charge on any atom is -0.356 e. The van der Waals surface area contributed by atoms with Crippen molar-refractivity contribution in [1.29, 1.82) is 0 Å². The molecule has 1 aromatic carbocycles. The van der Waals surface area contributed by atoms with Crippen LogP contribution in [0.25, 0.3) is 15.7 Å². The van der Waals surface area contributed by atoms with Crippen molar-refractivity contribution in [3.05, 3.63) is 64.5 Å². The number of thiophene rings is 1. The van der Waals surface area contributed by atoms with Crippen LogP contribution in [0.2, 0.25) is 0 Å². The molecule has 0 aliphatic heterocycles. The molecule has 0 radical (unpaired) electrons. The molecule has 1 N–H and O–H groups in total. The Kier molecular flexibility index (Phi) is 5.60. The number of carbonyl (C=O) groups excluding carboxylic acids is 1. The number of nitrogens with one attached hydrogen (secondary N) is 1. The Morgan fingerprint density at radius 2 is 1.96 bits per heavy atom. The Morgan fingerprint density at radius 1 is 1.07 bits per heavy atom. The molecule has 5 nitrogen and oxygen atoms in total. The fourth-order valence-electron chi connectivity index (χ4n) is 2.92. The first-order valence-corrected chi connectivity index (χ1v) is 10.7. The van der Waals surface area contributed by atoms with E-state index in [1.165, 1.54) is 5.56 Å². The summed E-state index contributed by atoms with van der Waals surface area (Å²) in [6.07, 6.45) is 3.10. The van der Waals surface area contributed by atoms with Gasteiger partial charge in [-0.25, -0.2) is 4.52 Å². The summed E-state index contributed by atoms with van der Waals surface area (Å²) >= 11 is 3.22. The van der Waals surface area contributed by atoms with Crippen molar-refractivity contribution in [1.82, 2.24) is 19.9 Å². The van der Waals surface area contributed by atoms with Crippen LogP contribution >= 0.6 is 22.7 Å². The van der Waals surface area contributed by atoms with E-state index < -0.39 is 0 Å². The number of amides is 1. The number of aryl methyl sites for hydroxylation is 1. The number of fused-ring (bicyclic) bond motifs is 1. The van der Waals surface area contributed by atoms with Crippen molar-refractivity contribution < 1.29 is 4.79 Å². The molecule has 3 aromatic heterocycles. The zero-order valence-corrected chi connectivity index (χ0v) is 16.4. The van der Waals surface area contributed by atoms with E-state index in [2.05, 4.69) is 32.9 Å². The minimum atomic E-state index is 0.107. The molecule has 0 fully saturated rings. The predicted octanol–water partition coefficient (Wildman–Crippen LogP) is 4.20. The second-order valence-electron chi connectivity index (χ2n) is 6.27. The number of aromatic nitrogens is 3. The highest BCUT2D eigenvalue weighted by molar-refractivity contribution is 7.15. The molecular weight excluding hydrogens is 376 g/mol. The van der Waals surface area contributed by atoms with Gasteiger partial charge in [-0.1, -0.05) is 36.4 Å². The Bertz CT molecular complexity index is 1010. The highest BCUT2D eigenvalue weighted by Gasteiger charge is 2.12. The minimum absolute atomic E-state index is 0.107. The molecular formula is C20H20N4OS2. The first kappa shape index (κ1) is 17.9. The number of nitrogens with zero attached hydrogens (tertiary/aromatic N) is 3. The zero-order chi connectivity index (χ0) is 18.5. The summed E-state index contributed by atoms with van der Waals surface area (Å²) in [4.78, 5) is 18.6. The average Bonchev–Trinajstić information content (AvgIpc) is 3.40. The van der Waals surface area contributed by atoms with Gasteiger partial charge >= 0.3 is 0 Å². The van der Waals surface area contributed by atoms with Gasteiger partial charge in [-0.3, -0.25) is 4.79 Å². The van der Waals surface area contributed by atoms with Crippen LogP contribution in [0.4, 0.5) is 0 Å². The molecule has 0 bridgehead atoms. The smallest absolute Gasteiger partial charge is 0.220 e. The summed E-state index contributed by atoms with van der Waals surface area (Å²) in [7, 11) is 0. The molecule has 4 aromatic rings. The van der Waals surface area contributed by atoms with Crippen molar-refractivity contribution in [2.75, 3.05) is 6.54 Å². The third-order valence-corrected chi connectivity index (χ3v) is 6.04. The Balaban J connectivity index is 1.26. The van der Waals surface area contributed by atoms with E-state index in [1.54, 1.807) is 22.7 Å².